The third kappa shape index (κ3) is 13.4. The predicted molar refractivity (Wildman–Crippen MR) is 259 cm³/mol. The summed E-state index contributed by atoms with van der Waals surface area (Å²) in [5.41, 5.74) is 5.24. The van der Waals surface area contributed by atoms with Crippen molar-refractivity contribution in [3.63, 3.8) is 0 Å². The Kier molecular flexibility index (Phi) is 17.0. The van der Waals surface area contributed by atoms with Gasteiger partial charge in [-0.3, -0.25) is 15.0 Å². The number of sulfonamides is 3. The third-order valence-electron chi connectivity index (χ3n) is 9.31. The number of benzene rings is 6. The molecular formula is C51H39IrN6O6S3. The van der Waals surface area contributed by atoms with Gasteiger partial charge in [-0.15, -0.1) is 17.1 Å². The monoisotopic (exact) mass is 1120 g/mol. The molecule has 9 aromatic rings. The Balaban J connectivity index is 0.000000165. The zero-order chi connectivity index (χ0) is 46.2. The quantitative estimate of drug-likeness (QED) is 0.115. The van der Waals surface area contributed by atoms with Crippen LogP contribution in [0.25, 0.3) is 47.9 Å². The zero-order valence-corrected chi connectivity index (χ0v) is 40.1. The Morgan fingerprint density at radius 3 is 0.731 bits per heavy atom. The summed E-state index contributed by atoms with van der Waals surface area (Å²) in [7, 11) is -11.2. The van der Waals surface area contributed by atoms with Gasteiger partial charge in [0.25, 0.3) is 0 Å². The SMILES string of the molecule is O=S(=O)([N-]c1ccccc1-c1ccccn1)c1ccccc1.O=S(=O)([N-]c1ccccc1-c1ccccn1)c1ccccc1.O=S(=O)([N-]c1ccccc1-c1ccccn1)c1ccccc1.[Ir+3]. The number of rotatable bonds is 12. The normalized spacial score (nSPS) is 10.9. The molecule has 6 aromatic carbocycles. The van der Waals surface area contributed by atoms with Crippen molar-refractivity contribution in [2.75, 3.05) is 0 Å². The molecule has 0 atom stereocenters. The van der Waals surface area contributed by atoms with Crippen molar-refractivity contribution < 1.29 is 45.4 Å². The Labute approximate surface area is 404 Å². The van der Waals surface area contributed by atoms with Gasteiger partial charge in [0.1, 0.15) is 30.1 Å². The van der Waals surface area contributed by atoms with Crippen molar-refractivity contribution in [2.24, 2.45) is 0 Å². The molecule has 3 heterocycles. The molecule has 0 spiro atoms. The largest absolute Gasteiger partial charge is 3.00 e. The molecule has 0 unspecified atom stereocenters. The number of aromatic nitrogens is 3. The molecule has 0 fully saturated rings. The van der Waals surface area contributed by atoms with Crippen molar-refractivity contribution in [2.45, 2.75) is 14.7 Å². The van der Waals surface area contributed by atoms with Crippen LogP contribution in [0.5, 0.6) is 0 Å². The summed E-state index contributed by atoms with van der Waals surface area (Å²) < 4.78 is 86.3. The molecule has 336 valence electrons. The van der Waals surface area contributed by atoms with Gasteiger partial charge in [-0.1, -0.05) is 146 Å². The smallest absolute Gasteiger partial charge is 0.572 e. The molecule has 0 aliphatic rings. The standard InChI is InChI=1S/3C17H13N2O2S.Ir/c3*20-22(21,14-8-2-1-3-9-14)19-17-12-5-4-10-15(17)16-11-6-7-13-18-16;/h3*1-13H;/q3*-1;+3. The van der Waals surface area contributed by atoms with E-state index in [2.05, 4.69) is 29.1 Å². The van der Waals surface area contributed by atoms with Gasteiger partial charge in [0.15, 0.2) is 0 Å². The van der Waals surface area contributed by atoms with Crippen LogP contribution in [0.3, 0.4) is 0 Å². The van der Waals surface area contributed by atoms with E-state index in [9.17, 15) is 25.3 Å². The summed E-state index contributed by atoms with van der Waals surface area (Å²) in [6, 6.07) is 62.2. The molecule has 0 saturated heterocycles. The van der Waals surface area contributed by atoms with Gasteiger partial charge in [-0.05, 0) is 89.5 Å². The van der Waals surface area contributed by atoms with E-state index in [4.69, 9.17) is 0 Å². The second-order valence-corrected chi connectivity index (χ2v) is 18.6. The van der Waals surface area contributed by atoms with E-state index in [1.165, 1.54) is 36.4 Å². The molecule has 9 rings (SSSR count). The molecule has 0 amide bonds. The molecule has 0 radical (unpaired) electrons. The van der Waals surface area contributed by atoms with Crippen LogP contribution in [0.2, 0.25) is 0 Å². The van der Waals surface area contributed by atoms with Crippen LogP contribution in [-0.2, 0) is 50.2 Å². The molecule has 12 nitrogen and oxygen atoms in total. The van der Waals surface area contributed by atoms with Crippen molar-refractivity contribution >= 4 is 47.1 Å². The van der Waals surface area contributed by atoms with Gasteiger partial charge in [-0.2, -0.15) is 0 Å². The molecule has 3 aromatic heterocycles. The van der Waals surface area contributed by atoms with Crippen molar-refractivity contribution in [1.82, 2.24) is 15.0 Å². The minimum Gasteiger partial charge on any atom is -0.572 e. The summed E-state index contributed by atoms with van der Waals surface area (Å²) in [6.45, 7) is 0. The van der Waals surface area contributed by atoms with Gasteiger partial charge in [0, 0.05) is 18.6 Å². The van der Waals surface area contributed by atoms with Crippen molar-refractivity contribution in [1.29, 1.82) is 0 Å². The van der Waals surface area contributed by atoms with E-state index in [1.807, 2.05) is 91.0 Å². The molecule has 67 heavy (non-hydrogen) atoms. The van der Waals surface area contributed by atoms with Crippen molar-refractivity contribution in [3.05, 3.63) is 251 Å². The molecule has 0 bridgehead atoms. The first-order valence-electron chi connectivity index (χ1n) is 20.1. The van der Waals surface area contributed by atoms with E-state index in [0.29, 0.717) is 50.8 Å². The average molecular weight is 1120 g/mol. The summed E-state index contributed by atoms with van der Waals surface area (Å²) in [5.74, 6) is 0. The summed E-state index contributed by atoms with van der Waals surface area (Å²) >= 11 is 0. The van der Waals surface area contributed by atoms with E-state index in [0.717, 1.165) is 0 Å². The topological polar surface area (TPSA) is 183 Å². The van der Waals surface area contributed by atoms with Crippen molar-refractivity contribution in [3.8, 4) is 33.8 Å². The number of nitrogens with zero attached hydrogens (tertiary/aromatic N) is 6. The summed E-state index contributed by atoms with van der Waals surface area (Å²) in [5, 5.41) is 0. The van der Waals surface area contributed by atoms with Gasteiger partial charge in [0.2, 0.25) is 0 Å². The van der Waals surface area contributed by atoms with E-state index < -0.39 is 30.1 Å². The maximum atomic E-state index is 12.4. The Morgan fingerprint density at radius 1 is 0.269 bits per heavy atom. The molecular weight excluding hydrogens is 1080 g/mol. The first-order valence-corrected chi connectivity index (χ1v) is 24.4. The fourth-order valence-electron chi connectivity index (χ4n) is 6.20. The fourth-order valence-corrected chi connectivity index (χ4v) is 9.27. The average Bonchev–Trinajstić information content (AvgIpc) is 3.36. The van der Waals surface area contributed by atoms with Crippen LogP contribution in [0.4, 0.5) is 17.1 Å². The Hall–Kier alpha value is -7.33. The van der Waals surface area contributed by atoms with Crippen LogP contribution >= 0.6 is 0 Å². The molecule has 0 N–H and O–H groups in total. The van der Waals surface area contributed by atoms with Crippen LogP contribution in [-0.4, -0.2) is 40.2 Å². The number of hydrogen-bond acceptors (Lipinski definition) is 9. The summed E-state index contributed by atoms with van der Waals surface area (Å²) in [4.78, 5) is 13.3. The molecule has 0 aliphatic carbocycles. The minimum atomic E-state index is -3.75. The van der Waals surface area contributed by atoms with Gasteiger partial charge in [-0.25, -0.2) is 25.3 Å². The number of hydrogen-bond donors (Lipinski definition) is 0. The summed E-state index contributed by atoms with van der Waals surface area (Å²) in [6.07, 6.45) is 4.99. The zero-order valence-electron chi connectivity index (χ0n) is 35.2. The molecule has 16 heteroatoms. The first-order chi connectivity index (χ1) is 32.0. The second kappa shape index (κ2) is 23.2. The van der Waals surface area contributed by atoms with Gasteiger partial charge in [0.05, 0.1) is 31.8 Å². The Bertz CT molecular complexity index is 2960. The van der Waals surface area contributed by atoms with Crippen LogP contribution < -0.4 is 0 Å². The maximum absolute atomic E-state index is 12.4. The van der Waals surface area contributed by atoms with Crippen LogP contribution in [0.15, 0.2) is 252 Å². The molecule has 0 aliphatic heterocycles. The second-order valence-electron chi connectivity index (χ2n) is 13.8. The van der Waals surface area contributed by atoms with E-state index in [-0.39, 0.29) is 34.8 Å². The predicted octanol–water partition coefficient (Wildman–Crippen LogP) is 12.4. The fraction of sp³-hybridized carbons (Fsp3) is 0. The maximum Gasteiger partial charge on any atom is 3.00 e. The Morgan fingerprint density at radius 2 is 0.493 bits per heavy atom. The van der Waals surface area contributed by atoms with E-state index >= 15 is 0 Å². The van der Waals surface area contributed by atoms with Gasteiger partial charge < -0.3 is 14.2 Å². The van der Waals surface area contributed by atoms with Crippen LogP contribution in [0, 0.1) is 0 Å². The number of pyridine rings is 3. The van der Waals surface area contributed by atoms with Crippen LogP contribution in [0.1, 0.15) is 0 Å². The first kappa shape index (κ1) is 49.1. The molecule has 0 saturated carbocycles. The van der Waals surface area contributed by atoms with Gasteiger partial charge >= 0.3 is 20.1 Å². The van der Waals surface area contributed by atoms with E-state index in [1.54, 1.807) is 110 Å². The third-order valence-corrected chi connectivity index (χ3v) is 13.2. The minimum absolute atomic E-state index is 0.